The normalized spacial score (nSPS) is 9.33. The lowest BCUT2D eigenvalue weighted by Gasteiger charge is -2.05. The average molecular weight is 296 g/mol. The van der Waals surface area contributed by atoms with Gasteiger partial charge < -0.3 is 9.80 Å². The SMILES string of the molecule is CCN=C=NCCCN(C)C.CN=C=NCCCN(C)C. The van der Waals surface area contributed by atoms with Gasteiger partial charge in [0.2, 0.25) is 0 Å². The van der Waals surface area contributed by atoms with Crippen LogP contribution in [0.25, 0.3) is 0 Å². The Kier molecular flexibility index (Phi) is 19.5. The Balaban J connectivity index is 0. The molecule has 0 radical (unpaired) electrons. The molecule has 0 rings (SSSR count). The average Bonchev–Trinajstić information content (AvgIpc) is 2.42. The summed E-state index contributed by atoms with van der Waals surface area (Å²) in [6.45, 7) is 6.57. The highest BCUT2D eigenvalue weighted by Crippen LogP contribution is 1.83. The van der Waals surface area contributed by atoms with E-state index in [2.05, 4.69) is 70.0 Å². The van der Waals surface area contributed by atoms with Gasteiger partial charge in [-0.1, -0.05) is 0 Å². The third-order valence-electron chi connectivity index (χ3n) is 2.22. The zero-order chi connectivity index (χ0) is 16.3. The fourth-order valence-corrected chi connectivity index (χ4v) is 1.22. The van der Waals surface area contributed by atoms with Gasteiger partial charge in [0, 0.05) is 13.6 Å². The Morgan fingerprint density at radius 3 is 1.62 bits per heavy atom. The highest BCUT2D eigenvalue weighted by atomic mass is 15.1. The summed E-state index contributed by atoms with van der Waals surface area (Å²) in [6.07, 6.45) is 2.16. The Bertz CT molecular complexity index is 323. The third kappa shape index (κ3) is 27.8. The quantitative estimate of drug-likeness (QED) is 0.482. The standard InChI is InChI=1S/C8H17N3.C7H15N3/c1-4-9-8-10-6-5-7-11(2)3;1-8-7-9-5-4-6-10(2)3/h4-7H2,1-3H3;4-6H2,1-3H3. The van der Waals surface area contributed by atoms with Crippen molar-refractivity contribution in [2.45, 2.75) is 19.8 Å². The van der Waals surface area contributed by atoms with Crippen LogP contribution >= 0.6 is 0 Å². The highest BCUT2D eigenvalue weighted by Gasteiger charge is 1.87. The number of rotatable bonds is 9. The molecule has 0 spiro atoms. The van der Waals surface area contributed by atoms with E-state index >= 15 is 0 Å². The molecule has 0 aliphatic heterocycles. The van der Waals surface area contributed by atoms with Gasteiger partial charge in [-0.15, -0.1) is 0 Å². The van der Waals surface area contributed by atoms with Gasteiger partial charge in [-0.25, -0.2) is 20.0 Å². The van der Waals surface area contributed by atoms with E-state index in [0.717, 1.165) is 45.6 Å². The van der Waals surface area contributed by atoms with Crippen LogP contribution in [0.1, 0.15) is 19.8 Å². The molecule has 0 N–H and O–H groups in total. The second kappa shape index (κ2) is 18.7. The maximum atomic E-state index is 3.99. The van der Waals surface area contributed by atoms with Gasteiger partial charge in [-0.3, -0.25) is 0 Å². The van der Waals surface area contributed by atoms with E-state index in [1.165, 1.54) is 0 Å². The van der Waals surface area contributed by atoms with Crippen LogP contribution in [0.2, 0.25) is 0 Å². The Morgan fingerprint density at radius 2 is 1.24 bits per heavy atom. The molecule has 0 heterocycles. The van der Waals surface area contributed by atoms with Crippen LogP contribution in [0.3, 0.4) is 0 Å². The predicted molar refractivity (Wildman–Crippen MR) is 92.3 cm³/mol. The summed E-state index contributed by atoms with van der Waals surface area (Å²) in [5.41, 5.74) is 0. The first-order valence-corrected chi connectivity index (χ1v) is 7.42. The number of nitrogens with zero attached hydrogens (tertiary/aromatic N) is 6. The van der Waals surface area contributed by atoms with Crippen LogP contribution in [0, 0.1) is 0 Å². The number of hydrogen-bond donors (Lipinski definition) is 0. The molecular formula is C15H32N6. The van der Waals surface area contributed by atoms with Crippen LogP contribution in [0.5, 0.6) is 0 Å². The van der Waals surface area contributed by atoms with Crippen molar-refractivity contribution in [3.05, 3.63) is 0 Å². The van der Waals surface area contributed by atoms with Crippen LogP contribution in [-0.4, -0.2) is 89.8 Å². The molecule has 6 nitrogen and oxygen atoms in total. The molecule has 0 saturated carbocycles. The van der Waals surface area contributed by atoms with E-state index in [4.69, 9.17) is 0 Å². The van der Waals surface area contributed by atoms with E-state index in [9.17, 15) is 0 Å². The first kappa shape index (κ1) is 22.0. The molecule has 0 aromatic carbocycles. The van der Waals surface area contributed by atoms with Crippen LogP contribution in [0.15, 0.2) is 20.0 Å². The van der Waals surface area contributed by atoms with Crippen molar-refractivity contribution in [3.8, 4) is 0 Å². The van der Waals surface area contributed by atoms with E-state index in [-0.39, 0.29) is 0 Å². The zero-order valence-electron chi connectivity index (χ0n) is 14.6. The highest BCUT2D eigenvalue weighted by molar-refractivity contribution is 5.40. The molecule has 122 valence electrons. The van der Waals surface area contributed by atoms with Gasteiger partial charge in [0.1, 0.15) is 0 Å². The second-order valence-electron chi connectivity index (χ2n) is 4.98. The maximum absolute atomic E-state index is 3.99. The van der Waals surface area contributed by atoms with Gasteiger partial charge in [-0.05, 0) is 61.0 Å². The largest absolute Gasteiger partial charge is 0.309 e. The lowest BCUT2D eigenvalue weighted by atomic mass is 10.4. The Labute approximate surface area is 130 Å². The first-order valence-electron chi connectivity index (χ1n) is 7.42. The fraction of sp³-hybridized carbons (Fsp3) is 0.867. The summed E-state index contributed by atoms with van der Waals surface area (Å²) in [5.74, 6) is 0. The molecule has 6 heteroatoms. The Hall–Kier alpha value is -1.32. The minimum atomic E-state index is 0.775. The van der Waals surface area contributed by atoms with Crippen LogP contribution in [-0.2, 0) is 0 Å². The monoisotopic (exact) mass is 296 g/mol. The molecule has 0 fully saturated rings. The molecule has 0 aliphatic carbocycles. The van der Waals surface area contributed by atoms with E-state index in [1.54, 1.807) is 7.05 Å². The molecule has 0 aromatic heterocycles. The zero-order valence-corrected chi connectivity index (χ0v) is 14.6. The smallest absolute Gasteiger partial charge is 0.0892 e. The van der Waals surface area contributed by atoms with Gasteiger partial charge in [0.05, 0.1) is 25.1 Å². The summed E-state index contributed by atoms with van der Waals surface area (Å²) < 4.78 is 0. The van der Waals surface area contributed by atoms with E-state index < -0.39 is 0 Å². The van der Waals surface area contributed by atoms with Crippen molar-refractivity contribution < 1.29 is 0 Å². The fourth-order valence-electron chi connectivity index (χ4n) is 1.22. The second-order valence-corrected chi connectivity index (χ2v) is 4.98. The van der Waals surface area contributed by atoms with Crippen molar-refractivity contribution in [1.82, 2.24) is 9.80 Å². The lowest BCUT2D eigenvalue weighted by Crippen LogP contribution is -2.13. The summed E-state index contributed by atoms with van der Waals surface area (Å²) in [7, 11) is 9.90. The van der Waals surface area contributed by atoms with Crippen molar-refractivity contribution in [1.29, 1.82) is 0 Å². The van der Waals surface area contributed by atoms with Gasteiger partial charge in [0.25, 0.3) is 0 Å². The Morgan fingerprint density at radius 1 is 0.762 bits per heavy atom. The minimum Gasteiger partial charge on any atom is -0.309 e. The molecule has 0 amide bonds. The van der Waals surface area contributed by atoms with Gasteiger partial charge in [-0.2, -0.15) is 0 Å². The number of aliphatic imine (C=N–C) groups is 4. The van der Waals surface area contributed by atoms with Gasteiger partial charge in [0.15, 0.2) is 0 Å². The number of hydrogen-bond acceptors (Lipinski definition) is 6. The molecule has 0 unspecified atom stereocenters. The third-order valence-corrected chi connectivity index (χ3v) is 2.22. The molecule has 0 aliphatic rings. The van der Waals surface area contributed by atoms with Crippen molar-refractivity contribution in [3.63, 3.8) is 0 Å². The first-order chi connectivity index (χ1) is 10.0. The molecule has 0 saturated heterocycles. The summed E-state index contributed by atoms with van der Waals surface area (Å²) >= 11 is 0. The lowest BCUT2D eigenvalue weighted by molar-refractivity contribution is 0.403. The summed E-state index contributed by atoms with van der Waals surface area (Å²) in [4.78, 5) is 19.7. The molecule has 21 heavy (non-hydrogen) atoms. The van der Waals surface area contributed by atoms with Crippen LogP contribution in [0.4, 0.5) is 0 Å². The molecule has 0 bridgehead atoms. The topological polar surface area (TPSA) is 55.9 Å². The summed E-state index contributed by atoms with van der Waals surface area (Å²) in [6, 6.07) is 5.19. The van der Waals surface area contributed by atoms with Crippen molar-refractivity contribution in [2.75, 3.05) is 68.0 Å². The van der Waals surface area contributed by atoms with E-state index in [1.807, 2.05) is 6.92 Å². The molecule has 0 aromatic rings. The van der Waals surface area contributed by atoms with Gasteiger partial charge >= 0.3 is 0 Å². The van der Waals surface area contributed by atoms with E-state index in [0.29, 0.717) is 0 Å². The van der Waals surface area contributed by atoms with Crippen molar-refractivity contribution >= 4 is 12.0 Å². The predicted octanol–water partition coefficient (Wildman–Crippen LogP) is 1.87. The maximum Gasteiger partial charge on any atom is 0.0892 e. The molecular weight excluding hydrogens is 264 g/mol. The minimum absolute atomic E-state index is 0.775. The summed E-state index contributed by atoms with van der Waals surface area (Å²) in [5, 5.41) is 0. The van der Waals surface area contributed by atoms with Crippen LogP contribution < -0.4 is 0 Å². The molecule has 0 atom stereocenters. The van der Waals surface area contributed by atoms with Crippen molar-refractivity contribution in [2.24, 2.45) is 20.0 Å².